The van der Waals surface area contributed by atoms with Crippen molar-refractivity contribution in [2.75, 3.05) is 38.1 Å². The second-order valence-electron chi connectivity index (χ2n) is 5.96. The molecule has 1 aromatic carbocycles. The summed E-state index contributed by atoms with van der Waals surface area (Å²) in [5, 5.41) is 6.74. The molecule has 5 heteroatoms. The Kier molecular flexibility index (Phi) is 7.76. The molecule has 2 rings (SSSR count). The molecule has 0 unspecified atom stereocenters. The second-order valence-corrected chi connectivity index (χ2v) is 5.96. The van der Waals surface area contributed by atoms with Crippen molar-refractivity contribution >= 4 is 11.6 Å². The van der Waals surface area contributed by atoms with Gasteiger partial charge in [0.2, 0.25) is 0 Å². The van der Waals surface area contributed by atoms with Crippen molar-refractivity contribution in [1.29, 1.82) is 0 Å². The third kappa shape index (κ3) is 6.45. The minimum Gasteiger partial charge on any atom is -0.370 e. The molecule has 0 aliphatic carbocycles. The largest absolute Gasteiger partial charge is 0.370 e. The molecular weight excluding hydrogens is 310 g/mol. The number of hydrogen-bond donors (Lipinski definition) is 2. The quantitative estimate of drug-likeness (QED) is 0.573. The average Bonchev–Trinajstić information content (AvgIpc) is 2.64. The topological polar surface area (TPSA) is 52.5 Å². The van der Waals surface area contributed by atoms with Crippen LogP contribution in [0.25, 0.3) is 0 Å². The van der Waals surface area contributed by atoms with Crippen LogP contribution in [0.1, 0.15) is 18.1 Å². The van der Waals surface area contributed by atoms with Crippen LogP contribution in [0.4, 0.5) is 5.69 Å². The molecule has 0 aliphatic heterocycles. The second kappa shape index (κ2) is 10.3. The molecule has 1 aromatic heterocycles. The summed E-state index contributed by atoms with van der Waals surface area (Å²) in [4.78, 5) is 10.8. The van der Waals surface area contributed by atoms with Crippen molar-refractivity contribution in [3.05, 3.63) is 59.9 Å². The monoisotopic (exact) mass is 339 g/mol. The molecule has 0 saturated carbocycles. The van der Waals surface area contributed by atoms with Gasteiger partial charge >= 0.3 is 0 Å². The van der Waals surface area contributed by atoms with Crippen LogP contribution in [0, 0.1) is 6.92 Å². The molecule has 25 heavy (non-hydrogen) atoms. The van der Waals surface area contributed by atoms with E-state index in [1.54, 1.807) is 13.2 Å². The van der Waals surface area contributed by atoms with Gasteiger partial charge < -0.3 is 15.5 Å². The zero-order chi connectivity index (χ0) is 17.9. The van der Waals surface area contributed by atoms with Gasteiger partial charge in [-0.25, -0.2) is 0 Å². The van der Waals surface area contributed by atoms with Crippen molar-refractivity contribution in [3.63, 3.8) is 0 Å². The number of hydrogen-bond acceptors (Lipinski definition) is 3. The number of pyridine rings is 1. The Bertz CT molecular complexity index is 654. The molecule has 2 aromatic rings. The van der Waals surface area contributed by atoms with Gasteiger partial charge in [0.05, 0.1) is 0 Å². The number of aryl methyl sites for hydroxylation is 1. The van der Waals surface area contributed by atoms with E-state index in [1.165, 1.54) is 16.8 Å². The number of anilines is 1. The van der Waals surface area contributed by atoms with E-state index >= 15 is 0 Å². The summed E-state index contributed by atoms with van der Waals surface area (Å²) in [6, 6.07) is 12.7. The summed E-state index contributed by atoms with van der Waals surface area (Å²) in [5.41, 5.74) is 3.78. The summed E-state index contributed by atoms with van der Waals surface area (Å²) in [6.45, 7) is 7.91. The smallest absolute Gasteiger partial charge is 0.191 e. The highest BCUT2D eigenvalue weighted by molar-refractivity contribution is 5.79. The van der Waals surface area contributed by atoms with Gasteiger partial charge in [0.15, 0.2) is 5.96 Å². The van der Waals surface area contributed by atoms with E-state index in [0.717, 1.165) is 38.6 Å². The van der Waals surface area contributed by atoms with Gasteiger partial charge in [-0.2, -0.15) is 0 Å². The molecule has 134 valence electrons. The predicted molar refractivity (Wildman–Crippen MR) is 106 cm³/mol. The molecule has 0 saturated heterocycles. The summed E-state index contributed by atoms with van der Waals surface area (Å²) in [6.07, 6.45) is 4.63. The predicted octanol–water partition coefficient (Wildman–Crippen LogP) is 2.62. The Morgan fingerprint density at radius 2 is 2.00 bits per heavy atom. The Balaban J connectivity index is 1.74. The number of guanidine groups is 1. The maximum atomic E-state index is 4.29. The Morgan fingerprint density at radius 1 is 1.16 bits per heavy atom. The van der Waals surface area contributed by atoms with E-state index in [1.807, 2.05) is 12.3 Å². The maximum absolute atomic E-state index is 4.29. The molecule has 0 bridgehead atoms. The van der Waals surface area contributed by atoms with Crippen LogP contribution in [0.5, 0.6) is 0 Å². The fourth-order valence-electron chi connectivity index (χ4n) is 2.70. The van der Waals surface area contributed by atoms with Crippen LogP contribution in [-0.4, -0.2) is 44.2 Å². The minimum atomic E-state index is 0.834. The Labute approximate surface area is 151 Å². The lowest BCUT2D eigenvalue weighted by molar-refractivity contribution is 0.746. The lowest BCUT2D eigenvalue weighted by Gasteiger charge is -2.24. The van der Waals surface area contributed by atoms with Gasteiger partial charge in [-0.15, -0.1) is 0 Å². The van der Waals surface area contributed by atoms with Gasteiger partial charge in [-0.1, -0.05) is 18.2 Å². The molecule has 0 aliphatic rings. The molecule has 0 fully saturated rings. The number of nitrogens with zero attached hydrogens (tertiary/aromatic N) is 3. The van der Waals surface area contributed by atoms with E-state index in [2.05, 4.69) is 69.7 Å². The normalized spacial score (nSPS) is 11.2. The highest BCUT2D eigenvalue weighted by Crippen LogP contribution is 2.14. The minimum absolute atomic E-state index is 0.834. The van der Waals surface area contributed by atoms with Crippen LogP contribution in [-0.2, 0) is 6.42 Å². The van der Waals surface area contributed by atoms with Gasteiger partial charge in [0.25, 0.3) is 0 Å². The van der Waals surface area contributed by atoms with Crippen LogP contribution in [0.3, 0.4) is 0 Å². The fourth-order valence-corrected chi connectivity index (χ4v) is 2.70. The number of nitrogens with one attached hydrogen (secondary N) is 2. The fraction of sp³-hybridized carbons (Fsp3) is 0.400. The molecule has 0 spiro atoms. The number of aliphatic imine (C=N–C) groups is 1. The van der Waals surface area contributed by atoms with Crippen molar-refractivity contribution in [1.82, 2.24) is 15.6 Å². The molecule has 0 atom stereocenters. The summed E-state index contributed by atoms with van der Waals surface area (Å²) < 4.78 is 0. The van der Waals surface area contributed by atoms with E-state index in [0.29, 0.717) is 0 Å². The Morgan fingerprint density at radius 3 is 2.68 bits per heavy atom. The van der Waals surface area contributed by atoms with Crippen molar-refractivity contribution in [2.24, 2.45) is 4.99 Å². The zero-order valence-electron chi connectivity index (χ0n) is 15.5. The third-order valence-electron chi connectivity index (χ3n) is 4.08. The number of aromatic nitrogens is 1. The molecule has 5 nitrogen and oxygen atoms in total. The first-order valence-electron chi connectivity index (χ1n) is 8.88. The van der Waals surface area contributed by atoms with Crippen molar-refractivity contribution < 1.29 is 0 Å². The first kappa shape index (κ1) is 18.8. The van der Waals surface area contributed by atoms with Gasteiger partial charge in [0, 0.05) is 51.3 Å². The highest BCUT2D eigenvalue weighted by Gasteiger charge is 2.05. The standard InChI is InChI=1S/C20H29N5/c1-4-25(19-9-5-7-17(2)15-19)14-13-24-20(21-3)23-12-10-18-8-6-11-22-16-18/h5-9,11,15-16H,4,10,12-14H2,1-3H3,(H2,21,23,24). The number of likely N-dealkylation sites (N-methyl/N-ethyl adjacent to an activating group) is 1. The Hall–Kier alpha value is -2.56. The number of rotatable bonds is 8. The van der Waals surface area contributed by atoms with Gasteiger partial charge in [-0.05, 0) is 49.6 Å². The van der Waals surface area contributed by atoms with Crippen molar-refractivity contribution in [2.45, 2.75) is 20.3 Å². The molecule has 0 radical (unpaired) electrons. The molecular formula is C20H29N5. The van der Waals surface area contributed by atoms with Crippen LogP contribution < -0.4 is 15.5 Å². The average molecular weight is 339 g/mol. The van der Waals surface area contributed by atoms with E-state index < -0.39 is 0 Å². The SMILES string of the molecule is CCN(CCNC(=NC)NCCc1cccnc1)c1cccc(C)c1. The van der Waals surface area contributed by atoms with E-state index in [-0.39, 0.29) is 0 Å². The lowest BCUT2D eigenvalue weighted by atomic mass is 10.2. The third-order valence-corrected chi connectivity index (χ3v) is 4.08. The number of benzene rings is 1. The van der Waals surface area contributed by atoms with Crippen LogP contribution in [0.2, 0.25) is 0 Å². The first-order valence-corrected chi connectivity index (χ1v) is 8.88. The van der Waals surface area contributed by atoms with E-state index in [4.69, 9.17) is 0 Å². The molecule has 0 amide bonds. The van der Waals surface area contributed by atoms with Crippen LogP contribution in [0.15, 0.2) is 53.8 Å². The summed E-state index contributed by atoms with van der Waals surface area (Å²) in [5.74, 6) is 0.837. The van der Waals surface area contributed by atoms with Gasteiger partial charge in [0.1, 0.15) is 0 Å². The summed E-state index contributed by atoms with van der Waals surface area (Å²) >= 11 is 0. The zero-order valence-corrected chi connectivity index (χ0v) is 15.5. The molecule has 2 N–H and O–H groups in total. The maximum Gasteiger partial charge on any atom is 0.191 e. The van der Waals surface area contributed by atoms with Crippen molar-refractivity contribution in [3.8, 4) is 0 Å². The van der Waals surface area contributed by atoms with E-state index in [9.17, 15) is 0 Å². The highest BCUT2D eigenvalue weighted by atomic mass is 15.2. The first-order chi connectivity index (χ1) is 12.2. The molecule has 1 heterocycles. The van der Waals surface area contributed by atoms with Gasteiger partial charge in [-0.3, -0.25) is 9.98 Å². The lowest BCUT2D eigenvalue weighted by Crippen LogP contribution is -2.42. The van der Waals surface area contributed by atoms with Crippen LogP contribution >= 0.6 is 0 Å². The summed E-state index contributed by atoms with van der Waals surface area (Å²) in [7, 11) is 1.80.